The fraction of sp³-hybridized carbons (Fsp3) is 0.769. The molecule has 3 N–H and O–H groups in total. The van der Waals surface area contributed by atoms with Crippen LogP contribution in [0.1, 0.15) is 31.4 Å². The number of nitrogens with two attached hydrogens (primary N) is 1. The van der Waals surface area contributed by atoms with Crippen LogP contribution in [-0.2, 0) is 17.1 Å². The zero-order valence-corrected chi connectivity index (χ0v) is 12.8. The second-order valence-electron chi connectivity index (χ2n) is 6.21. The lowest BCUT2D eigenvalue weighted by Crippen LogP contribution is -2.32. The summed E-state index contributed by atoms with van der Waals surface area (Å²) in [5.74, 6) is 2.09. The monoisotopic (exact) mass is 298 g/mol. The van der Waals surface area contributed by atoms with Crippen LogP contribution in [0.15, 0.2) is 4.90 Å². The van der Waals surface area contributed by atoms with E-state index in [1.807, 2.05) is 0 Å². The highest BCUT2D eigenvalue weighted by Gasteiger charge is 2.39. The predicted molar refractivity (Wildman–Crippen MR) is 76.5 cm³/mol. The van der Waals surface area contributed by atoms with Gasteiger partial charge in [-0.25, -0.2) is 13.1 Å². The Morgan fingerprint density at radius 3 is 2.65 bits per heavy atom. The first kappa shape index (κ1) is 13.9. The third kappa shape index (κ3) is 2.22. The minimum Gasteiger partial charge on any atom is -0.381 e. The highest BCUT2D eigenvalue weighted by molar-refractivity contribution is 7.89. The molecule has 6 nitrogen and oxygen atoms in total. The van der Waals surface area contributed by atoms with Crippen molar-refractivity contribution in [3.63, 3.8) is 0 Å². The van der Waals surface area contributed by atoms with Crippen molar-refractivity contribution < 1.29 is 8.42 Å². The lowest BCUT2D eigenvalue weighted by atomic mass is 9.89. The molecule has 0 aliphatic heterocycles. The van der Waals surface area contributed by atoms with E-state index in [1.165, 1.54) is 23.9 Å². The number of nitrogens with one attached hydrogen (secondary N) is 1. The molecule has 0 saturated heterocycles. The molecule has 112 valence electrons. The van der Waals surface area contributed by atoms with Crippen LogP contribution < -0.4 is 10.5 Å². The highest BCUT2D eigenvalue weighted by atomic mass is 32.2. The molecule has 2 bridgehead atoms. The van der Waals surface area contributed by atoms with Crippen LogP contribution in [0.4, 0.5) is 5.82 Å². The number of nitrogens with zero attached hydrogens (tertiary/aromatic N) is 2. The molecule has 3 atom stereocenters. The van der Waals surface area contributed by atoms with Gasteiger partial charge in [0.05, 0.1) is 5.69 Å². The number of nitrogen functional groups attached to an aromatic ring is 1. The summed E-state index contributed by atoms with van der Waals surface area (Å²) >= 11 is 0. The van der Waals surface area contributed by atoms with E-state index in [1.54, 1.807) is 14.0 Å². The Hall–Kier alpha value is -1.08. The van der Waals surface area contributed by atoms with E-state index in [4.69, 9.17) is 5.73 Å². The second kappa shape index (κ2) is 4.73. The molecule has 0 spiro atoms. The van der Waals surface area contributed by atoms with Crippen molar-refractivity contribution in [2.24, 2.45) is 24.8 Å². The molecule has 2 aliphatic carbocycles. The van der Waals surface area contributed by atoms with Gasteiger partial charge in [0.1, 0.15) is 4.90 Å². The van der Waals surface area contributed by atoms with Crippen LogP contribution in [-0.4, -0.2) is 24.7 Å². The fourth-order valence-corrected chi connectivity index (χ4v) is 5.28. The van der Waals surface area contributed by atoms with E-state index >= 15 is 0 Å². The molecule has 7 heteroatoms. The molecule has 3 unspecified atom stereocenters. The zero-order valence-electron chi connectivity index (χ0n) is 12.0. The number of fused-ring (bicyclic) bond motifs is 2. The van der Waals surface area contributed by atoms with Crippen LogP contribution >= 0.6 is 0 Å². The molecule has 2 fully saturated rings. The molecular formula is C13H22N4O2S. The van der Waals surface area contributed by atoms with Gasteiger partial charge in [-0.1, -0.05) is 6.42 Å². The summed E-state index contributed by atoms with van der Waals surface area (Å²) in [6, 6.07) is 0. The van der Waals surface area contributed by atoms with Gasteiger partial charge in [-0.15, -0.1) is 0 Å². The number of sulfonamides is 1. The minimum atomic E-state index is -3.56. The highest BCUT2D eigenvalue weighted by Crippen LogP contribution is 2.48. The first-order valence-corrected chi connectivity index (χ1v) is 8.65. The van der Waals surface area contributed by atoms with Gasteiger partial charge in [0, 0.05) is 13.6 Å². The Bertz CT molecular complexity index is 623. The standard InChI is InChI=1S/C13H22N4O2S/c1-8-12(13(14)16-17(8)2)20(18,19)15-7-11-6-9-3-4-10(11)5-9/h9-11,15H,3-7H2,1-2H3,(H2,14,16). The summed E-state index contributed by atoms with van der Waals surface area (Å²) in [4.78, 5) is 0.128. The number of hydrogen-bond donors (Lipinski definition) is 2. The number of aryl methyl sites for hydroxylation is 1. The van der Waals surface area contributed by atoms with Crippen molar-refractivity contribution in [3.05, 3.63) is 5.69 Å². The van der Waals surface area contributed by atoms with Crippen LogP contribution in [0.25, 0.3) is 0 Å². The molecule has 0 amide bonds. The Morgan fingerprint density at radius 2 is 2.15 bits per heavy atom. The third-order valence-corrected chi connectivity index (χ3v) is 6.58. The maximum absolute atomic E-state index is 12.4. The van der Waals surface area contributed by atoms with E-state index < -0.39 is 10.0 Å². The summed E-state index contributed by atoms with van der Waals surface area (Å²) in [6.45, 7) is 2.24. The van der Waals surface area contributed by atoms with Gasteiger partial charge in [0.25, 0.3) is 0 Å². The average Bonchev–Trinajstić information content (AvgIpc) is 3.03. The number of aromatic nitrogens is 2. The molecular weight excluding hydrogens is 276 g/mol. The topological polar surface area (TPSA) is 90.0 Å². The Kier molecular flexibility index (Phi) is 3.29. The number of rotatable bonds is 4. The van der Waals surface area contributed by atoms with Gasteiger partial charge in [-0.3, -0.25) is 4.68 Å². The molecule has 2 saturated carbocycles. The molecule has 1 aromatic heterocycles. The Morgan fingerprint density at radius 1 is 1.40 bits per heavy atom. The molecule has 2 aliphatic rings. The summed E-state index contributed by atoms with van der Waals surface area (Å²) in [7, 11) is -1.87. The average molecular weight is 298 g/mol. The van der Waals surface area contributed by atoms with Crippen LogP contribution in [0.3, 0.4) is 0 Å². The number of hydrogen-bond acceptors (Lipinski definition) is 4. The fourth-order valence-electron chi connectivity index (χ4n) is 3.86. The van der Waals surface area contributed by atoms with E-state index in [2.05, 4.69) is 9.82 Å². The van der Waals surface area contributed by atoms with Gasteiger partial charge in [0.15, 0.2) is 5.82 Å². The van der Waals surface area contributed by atoms with Gasteiger partial charge in [0.2, 0.25) is 10.0 Å². The van der Waals surface area contributed by atoms with Gasteiger partial charge >= 0.3 is 0 Å². The van der Waals surface area contributed by atoms with E-state index in [0.717, 1.165) is 12.3 Å². The molecule has 1 heterocycles. The summed E-state index contributed by atoms with van der Waals surface area (Å²) in [5.41, 5.74) is 6.29. The van der Waals surface area contributed by atoms with E-state index in [0.29, 0.717) is 24.1 Å². The van der Waals surface area contributed by atoms with Crippen LogP contribution in [0.5, 0.6) is 0 Å². The Labute approximate surface area is 119 Å². The zero-order chi connectivity index (χ0) is 14.5. The molecule has 3 rings (SSSR count). The molecule has 0 aromatic carbocycles. The summed E-state index contributed by atoms with van der Waals surface area (Å²) in [5, 5.41) is 3.97. The summed E-state index contributed by atoms with van der Waals surface area (Å²) in [6.07, 6.45) is 5.02. The Balaban J connectivity index is 1.73. The van der Waals surface area contributed by atoms with Crippen LogP contribution in [0.2, 0.25) is 0 Å². The lowest BCUT2D eigenvalue weighted by Gasteiger charge is -2.21. The second-order valence-corrected chi connectivity index (χ2v) is 7.91. The van der Waals surface area contributed by atoms with E-state index in [9.17, 15) is 8.42 Å². The van der Waals surface area contributed by atoms with Crippen molar-refractivity contribution in [1.29, 1.82) is 0 Å². The van der Waals surface area contributed by atoms with Crippen molar-refractivity contribution in [3.8, 4) is 0 Å². The number of anilines is 1. The van der Waals surface area contributed by atoms with Crippen molar-refractivity contribution >= 4 is 15.8 Å². The minimum absolute atomic E-state index is 0.0745. The largest absolute Gasteiger partial charge is 0.381 e. The normalized spacial score (nSPS) is 29.2. The lowest BCUT2D eigenvalue weighted by molar-refractivity contribution is 0.333. The first-order valence-electron chi connectivity index (χ1n) is 7.17. The molecule has 20 heavy (non-hydrogen) atoms. The van der Waals surface area contributed by atoms with Crippen LogP contribution in [0, 0.1) is 24.7 Å². The third-order valence-electron chi connectivity index (χ3n) is 4.99. The maximum atomic E-state index is 12.4. The first-order chi connectivity index (χ1) is 9.38. The predicted octanol–water partition coefficient (Wildman–Crippen LogP) is 1.03. The molecule has 0 radical (unpaired) electrons. The molecule has 1 aromatic rings. The van der Waals surface area contributed by atoms with Crippen molar-refractivity contribution in [2.45, 2.75) is 37.5 Å². The quantitative estimate of drug-likeness (QED) is 0.868. The summed E-state index contributed by atoms with van der Waals surface area (Å²) < 4.78 is 29.0. The van der Waals surface area contributed by atoms with Gasteiger partial charge in [-0.2, -0.15) is 5.10 Å². The maximum Gasteiger partial charge on any atom is 0.246 e. The van der Waals surface area contributed by atoms with Gasteiger partial charge in [-0.05, 0) is 43.9 Å². The van der Waals surface area contributed by atoms with E-state index in [-0.39, 0.29) is 10.7 Å². The SMILES string of the molecule is Cc1c(S(=O)(=O)NCC2CC3CCC2C3)c(N)nn1C. The van der Waals surface area contributed by atoms with Crippen molar-refractivity contribution in [1.82, 2.24) is 14.5 Å². The van der Waals surface area contributed by atoms with Gasteiger partial charge < -0.3 is 5.73 Å². The smallest absolute Gasteiger partial charge is 0.246 e. The van der Waals surface area contributed by atoms with Crippen molar-refractivity contribution in [2.75, 3.05) is 12.3 Å².